The van der Waals surface area contributed by atoms with Gasteiger partial charge < -0.3 is 10.8 Å². The van der Waals surface area contributed by atoms with Crippen LogP contribution in [0.15, 0.2) is 24.3 Å². The number of nitrogens with two attached hydrogens (primary N) is 1. The molecule has 0 saturated heterocycles. The van der Waals surface area contributed by atoms with Crippen LogP contribution >= 0.6 is 0 Å². The minimum Gasteiger partial charge on any atom is -0.391 e. The van der Waals surface area contributed by atoms with Crippen molar-refractivity contribution in [2.75, 3.05) is 0 Å². The minimum atomic E-state index is -0.545. The van der Waals surface area contributed by atoms with E-state index in [0.717, 1.165) is 11.1 Å². The molecule has 0 fully saturated rings. The first-order valence-corrected chi connectivity index (χ1v) is 4.15. The van der Waals surface area contributed by atoms with Gasteiger partial charge in [-0.05, 0) is 24.6 Å². The molecule has 0 aromatic heterocycles. The zero-order valence-corrected chi connectivity index (χ0v) is 7.57. The Bertz CT molecular complexity index is 308. The third-order valence-electron chi connectivity index (χ3n) is 1.98. The largest absolute Gasteiger partial charge is 0.391 e. The summed E-state index contributed by atoms with van der Waals surface area (Å²) in [6.45, 7) is 1.67. The Labute approximate surface area is 78.4 Å². The highest BCUT2D eigenvalue weighted by atomic mass is 16.3. The summed E-state index contributed by atoms with van der Waals surface area (Å²) in [7, 11) is 0. The van der Waals surface area contributed by atoms with Crippen molar-refractivity contribution in [2.45, 2.75) is 19.1 Å². The summed E-state index contributed by atoms with van der Waals surface area (Å²) in [4.78, 5) is 0. The van der Waals surface area contributed by atoms with Crippen LogP contribution in [0.25, 0.3) is 0 Å². The van der Waals surface area contributed by atoms with Gasteiger partial charge in [-0.25, -0.2) is 0 Å². The standard InChI is InChI=1S/C11H13NO/c1-3-9-4-6-10(7-5-9)11(12)8(2)13/h1,4-8,11,13H,12H2,2H3/t8-,11+/m1/s1. The Kier molecular flexibility index (Phi) is 3.07. The highest BCUT2D eigenvalue weighted by Crippen LogP contribution is 2.14. The molecule has 68 valence electrons. The number of aliphatic hydroxyl groups excluding tert-OH is 1. The molecule has 2 heteroatoms. The van der Waals surface area contributed by atoms with E-state index >= 15 is 0 Å². The van der Waals surface area contributed by atoms with E-state index in [4.69, 9.17) is 12.2 Å². The second-order valence-electron chi connectivity index (χ2n) is 3.03. The van der Waals surface area contributed by atoms with E-state index in [9.17, 15) is 5.11 Å². The number of rotatable bonds is 2. The lowest BCUT2D eigenvalue weighted by atomic mass is 10.0. The predicted octanol–water partition coefficient (Wildman–Crippen LogP) is 1.05. The first kappa shape index (κ1) is 9.79. The monoisotopic (exact) mass is 175 g/mol. The van der Waals surface area contributed by atoms with Crippen LogP contribution in [0.3, 0.4) is 0 Å². The van der Waals surface area contributed by atoms with Crippen LogP contribution in [0.1, 0.15) is 24.1 Å². The van der Waals surface area contributed by atoms with Gasteiger partial charge in [0.05, 0.1) is 12.1 Å². The topological polar surface area (TPSA) is 46.2 Å². The van der Waals surface area contributed by atoms with Crippen molar-refractivity contribution < 1.29 is 5.11 Å². The minimum absolute atomic E-state index is 0.341. The van der Waals surface area contributed by atoms with Gasteiger partial charge in [-0.2, -0.15) is 0 Å². The second-order valence-corrected chi connectivity index (χ2v) is 3.03. The van der Waals surface area contributed by atoms with Crippen LogP contribution in [0, 0.1) is 12.3 Å². The van der Waals surface area contributed by atoms with Crippen LogP contribution < -0.4 is 5.73 Å². The normalized spacial score (nSPS) is 14.6. The number of terminal acetylenes is 1. The molecular weight excluding hydrogens is 162 g/mol. The van der Waals surface area contributed by atoms with Crippen molar-refractivity contribution in [1.29, 1.82) is 0 Å². The van der Waals surface area contributed by atoms with Crippen molar-refractivity contribution in [2.24, 2.45) is 5.73 Å². The Morgan fingerprint density at radius 3 is 2.31 bits per heavy atom. The molecule has 2 nitrogen and oxygen atoms in total. The molecule has 3 N–H and O–H groups in total. The van der Waals surface area contributed by atoms with E-state index in [-0.39, 0.29) is 6.04 Å². The first-order chi connectivity index (χ1) is 6.15. The van der Waals surface area contributed by atoms with E-state index in [1.165, 1.54) is 0 Å². The van der Waals surface area contributed by atoms with Gasteiger partial charge in [-0.15, -0.1) is 6.42 Å². The summed E-state index contributed by atoms with van der Waals surface area (Å²) in [5, 5.41) is 9.24. The van der Waals surface area contributed by atoms with Crippen LogP contribution in [-0.4, -0.2) is 11.2 Å². The highest BCUT2D eigenvalue weighted by molar-refractivity contribution is 5.35. The van der Waals surface area contributed by atoms with Crippen molar-refractivity contribution in [3.8, 4) is 12.3 Å². The molecule has 2 atom stereocenters. The Morgan fingerprint density at radius 2 is 1.92 bits per heavy atom. The van der Waals surface area contributed by atoms with Gasteiger partial charge in [0.1, 0.15) is 0 Å². The molecule has 0 aliphatic heterocycles. The predicted molar refractivity (Wildman–Crippen MR) is 53.0 cm³/mol. The SMILES string of the molecule is C#Cc1ccc([C@@H](N)[C@@H](C)O)cc1. The molecule has 13 heavy (non-hydrogen) atoms. The van der Waals surface area contributed by atoms with Crippen molar-refractivity contribution in [3.63, 3.8) is 0 Å². The molecule has 0 unspecified atom stereocenters. The second kappa shape index (κ2) is 4.08. The summed E-state index contributed by atoms with van der Waals surface area (Å²) >= 11 is 0. The third-order valence-corrected chi connectivity index (χ3v) is 1.98. The molecule has 0 bridgehead atoms. The molecule has 1 aromatic carbocycles. The molecule has 0 amide bonds. The quantitative estimate of drug-likeness (QED) is 0.660. The number of benzene rings is 1. The number of aliphatic hydroxyl groups is 1. The van der Waals surface area contributed by atoms with Crippen LogP contribution in [0.4, 0.5) is 0 Å². The molecule has 1 aromatic rings. The maximum atomic E-state index is 9.24. The van der Waals surface area contributed by atoms with E-state index in [0.29, 0.717) is 0 Å². The van der Waals surface area contributed by atoms with Gasteiger partial charge in [0.25, 0.3) is 0 Å². The maximum absolute atomic E-state index is 9.24. The Hall–Kier alpha value is -1.30. The van der Waals surface area contributed by atoms with Crippen molar-refractivity contribution in [1.82, 2.24) is 0 Å². The van der Waals surface area contributed by atoms with Crippen LogP contribution in [-0.2, 0) is 0 Å². The van der Waals surface area contributed by atoms with Gasteiger partial charge in [-0.1, -0.05) is 18.1 Å². The van der Waals surface area contributed by atoms with Gasteiger partial charge in [0, 0.05) is 5.56 Å². The summed E-state index contributed by atoms with van der Waals surface area (Å²) < 4.78 is 0. The average molecular weight is 175 g/mol. The molecule has 0 spiro atoms. The Morgan fingerprint density at radius 1 is 1.38 bits per heavy atom. The molecule has 0 aliphatic carbocycles. The fraction of sp³-hybridized carbons (Fsp3) is 0.273. The van der Waals surface area contributed by atoms with Gasteiger partial charge in [0.2, 0.25) is 0 Å². The third kappa shape index (κ3) is 2.32. The van der Waals surface area contributed by atoms with E-state index in [1.807, 2.05) is 24.3 Å². The molecule has 0 heterocycles. The lowest BCUT2D eigenvalue weighted by molar-refractivity contribution is 0.164. The summed E-state index contributed by atoms with van der Waals surface area (Å²) in [5.74, 6) is 2.52. The average Bonchev–Trinajstić information content (AvgIpc) is 2.17. The van der Waals surface area contributed by atoms with Crippen LogP contribution in [0.5, 0.6) is 0 Å². The molecule has 1 rings (SSSR count). The fourth-order valence-electron chi connectivity index (χ4n) is 1.08. The van der Waals surface area contributed by atoms with E-state index in [1.54, 1.807) is 6.92 Å². The summed E-state index contributed by atoms with van der Waals surface area (Å²) in [6.07, 6.45) is 4.66. The van der Waals surface area contributed by atoms with Gasteiger partial charge in [0.15, 0.2) is 0 Å². The van der Waals surface area contributed by atoms with Crippen LogP contribution in [0.2, 0.25) is 0 Å². The lowest BCUT2D eigenvalue weighted by Gasteiger charge is -2.14. The van der Waals surface area contributed by atoms with Crippen molar-refractivity contribution in [3.05, 3.63) is 35.4 Å². The molecule has 0 saturated carbocycles. The molecule has 0 aliphatic rings. The highest BCUT2D eigenvalue weighted by Gasteiger charge is 2.10. The summed E-state index contributed by atoms with van der Waals surface area (Å²) in [5.41, 5.74) is 7.45. The van der Waals surface area contributed by atoms with E-state index in [2.05, 4.69) is 5.92 Å². The maximum Gasteiger partial charge on any atom is 0.0704 e. The number of hydrogen-bond donors (Lipinski definition) is 2. The summed E-state index contributed by atoms with van der Waals surface area (Å²) in [6, 6.07) is 6.97. The van der Waals surface area contributed by atoms with E-state index < -0.39 is 6.10 Å². The lowest BCUT2D eigenvalue weighted by Crippen LogP contribution is -2.22. The zero-order valence-electron chi connectivity index (χ0n) is 7.57. The van der Waals surface area contributed by atoms with Gasteiger partial charge >= 0.3 is 0 Å². The smallest absolute Gasteiger partial charge is 0.0704 e. The zero-order chi connectivity index (χ0) is 9.84. The Balaban J connectivity index is 2.87. The first-order valence-electron chi connectivity index (χ1n) is 4.15. The van der Waals surface area contributed by atoms with Gasteiger partial charge in [-0.3, -0.25) is 0 Å². The molecular formula is C11H13NO. The fourth-order valence-corrected chi connectivity index (χ4v) is 1.08. The van der Waals surface area contributed by atoms with Crippen molar-refractivity contribution >= 4 is 0 Å². The molecule has 0 radical (unpaired) electrons. The number of hydrogen-bond acceptors (Lipinski definition) is 2.